The third-order valence-electron chi connectivity index (χ3n) is 7.12. The fraction of sp³-hybridized carbons (Fsp3) is 1.00. The molecule has 3 heteroatoms. The minimum absolute atomic E-state index is 0.143. The van der Waals surface area contributed by atoms with Crippen LogP contribution in [0.15, 0.2) is 0 Å². The highest BCUT2D eigenvalue weighted by Crippen LogP contribution is 2.52. The van der Waals surface area contributed by atoms with Crippen molar-refractivity contribution in [2.75, 3.05) is 26.2 Å². The molecule has 1 saturated carbocycles. The van der Waals surface area contributed by atoms with Gasteiger partial charge in [-0.2, -0.15) is 0 Å². The Balaban J connectivity index is 1.63. The molecule has 0 radical (unpaired) electrons. The highest BCUT2D eigenvalue weighted by molar-refractivity contribution is 4.96. The Morgan fingerprint density at radius 1 is 1.04 bits per heavy atom. The second kappa shape index (κ2) is 7.41. The van der Waals surface area contributed by atoms with Crippen molar-refractivity contribution >= 4 is 0 Å². The first-order chi connectivity index (χ1) is 11.1. The van der Waals surface area contributed by atoms with Gasteiger partial charge in [0.2, 0.25) is 0 Å². The van der Waals surface area contributed by atoms with E-state index in [1.54, 1.807) is 0 Å². The Morgan fingerprint density at radius 3 is 2.35 bits per heavy atom. The molecule has 3 fully saturated rings. The van der Waals surface area contributed by atoms with Crippen molar-refractivity contribution < 1.29 is 9.47 Å². The lowest BCUT2D eigenvalue weighted by molar-refractivity contribution is -0.249. The minimum atomic E-state index is -0.399. The molecular formula is C20H37NO2. The molecule has 1 aliphatic carbocycles. The molecule has 0 aromatic heterocycles. The first-order valence-corrected chi connectivity index (χ1v) is 10.1. The minimum Gasteiger partial charge on any atom is -0.347 e. The lowest BCUT2D eigenvalue weighted by Gasteiger charge is -2.48. The summed E-state index contributed by atoms with van der Waals surface area (Å²) in [7, 11) is 0. The third kappa shape index (κ3) is 3.62. The van der Waals surface area contributed by atoms with Gasteiger partial charge in [0, 0.05) is 12.0 Å². The summed E-state index contributed by atoms with van der Waals surface area (Å²) in [5.41, 5.74) is 0.143. The zero-order chi connectivity index (χ0) is 16.3. The molecule has 2 heterocycles. The van der Waals surface area contributed by atoms with Gasteiger partial charge in [-0.3, -0.25) is 0 Å². The number of likely N-dealkylation sites (tertiary alicyclic amines) is 1. The molecule has 0 spiro atoms. The second-order valence-electron chi connectivity index (χ2n) is 8.46. The summed E-state index contributed by atoms with van der Waals surface area (Å²) < 4.78 is 13.0. The number of nitrogens with zero attached hydrogens (tertiary/aromatic N) is 1. The van der Waals surface area contributed by atoms with E-state index in [0.29, 0.717) is 0 Å². The summed E-state index contributed by atoms with van der Waals surface area (Å²) in [6.07, 6.45) is 12.4. The SMILES string of the molecule is CCC(C)(C1CCCCC1)C1(C)OCC(CN2CCCCC2)O1. The van der Waals surface area contributed by atoms with Gasteiger partial charge in [0.05, 0.1) is 12.7 Å². The van der Waals surface area contributed by atoms with Crippen LogP contribution in [0.4, 0.5) is 0 Å². The van der Waals surface area contributed by atoms with E-state index in [1.165, 1.54) is 64.5 Å². The van der Waals surface area contributed by atoms with Crippen LogP contribution in [-0.2, 0) is 9.47 Å². The summed E-state index contributed by atoms with van der Waals surface area (Å²) in [6, 6.07) is 0. The Bertz CT molecular complexity index is 376. The van der Waals surface area contributed by atoms with E-state index in [1.807, 2.05) is 0 Å². The van der Waals surface area contributed by atoms with Crippen LogP contribution < -0.4 is 0 Å². The van der Waals surface area contributed by atoms with Gasteiger partial charge in [-0.1, -0.05) is 39.5 Å². The van der Waals surface area contributed by atoms with Crippen LogP contribution in [0.1, 0.15) is 78.6 Å². The van der Waals surface area contributed by atoms with Crippen molar-refractivity contribution in [3.63, 3.8) is 0 Å². The monoisotopic (exact) mass is 323 g/mol. The molecule has 2 aliphatic heterocycles. The predicted octanol–water partition coefficient (Wildman–Crippen LogP) is 4.60. The molecule has 3 aliphatic rings. The van der Waals surface area contributed by atoms with Gasteiger partial charge in [-0.15, -0.1) is 0 Å². The number of hydrogen-bond acceptors (Lipinski definition) is 3. The first kappa shape index (κ1) is 17.7. The van der Waals surface area contributed by atoms with Crippen molar-refractivity contribution in [1.29, 1.82) is 0 Å². The van der Waals surface area contributed by atoms with Crippen LogP contribution >= 0.6 is 0 Å². The van der Waals surface area contributed by atoms with Crippen molar-refractivity contribution in [2.45, 2.75) is 90.4 Å². The molecule has 3 rings (SSSR count). The number of rotatable bonds is 5. The van der Waals surface area contributed by atoms with Crippen LogP contribution in [0.2, 0.25) is 0 Å². The van der Waals surface area contributed by atoms with Crippen LogP contribution in [0.5, 0.6) is 0 Å². The summed E-state index contributed by atoms with van der Waals surface area (Å²) in [5, 5.41) is 0. The largest absolute Gasteiger partial charge is 0.347 e. The second-order valence-corrected chi connectivity index (χ2v) is 8.46. The normalized spacial score (nSPS) is 36.9. The Kier molecular flexibility index (Phi) is 5.70. The number of piperidine rings is 1. The molecule has 2 saturated heterocycles. The first-order valence-electron chi connectivity index (χ1n) is 10.1. The Labute approximate surface area is 143 Å². The van der Waals surface area contributed by atoms with Crippen molar-refractivity contribution in [2.24, 2.45) is 11.3 Å². The van der Waals surface area contributed by atoms with E-state index >= 15 is 0 Å². The summed E-state index contributed by atoms with van der Waals surface area (Å²) >= 11 is 0. The third-order valence-corrected chi connectivity index (χ3v) is 7.12. The van der Waals surface area contributed by atoms with E-state index in [-0.39, 0.29) is 11.5 Å². The molecule has 0 aromatic carbocycles. The molecule has 3 unspecified atom stereocenters. The average molecular weight is 324 g/mol. The quantitative estimate of drug-likeness (QED) is 0.738. The Hall–Kier alpha value is -0.120. The maximum Gasteiger partial charge on any atom is 0.171 e. The predicted molar refractivity (Wildman–Crippen MR) is 94.5 cm³/mol. The van der Waals surface area contributed by atoms with E-state index < -0.39 is 5.79 Å². The summed E-state index contributed by atoms with van der Waals surface area (Å²) in [6.45, 7) is 11.3. The lowest BCUT2D eigenvalue weighted by atomic mass is 9.64. The van der Waals surface area contributed by atoms with E-state index in [0.717, 1.165) is 25.5 Å². The highest BCUT2D eigenvalue weighted by atomic mass is 16.7. The van der Waals surface area contributed by atoms with Gasteiger partial charge in [0.1, 0.15) is 0 Å². The molecule has 0 amide bonds. The fourth-order valence-corrected chi connectivity index (χ4v) is 5.18. The topological polar surface area (TPSA) is 21.7 Å². The van der Waals surface area contributed by atoms with Gasteiger partial charge in [-0.05, 0) is 58.0 Å². The standard InChI is InChI=1S/C20H37NO2/c1-4-19(2,17-11-7-5-8-12-17)20(3)22-16-18(23-20)15-21-13-9-6-10-14-21/h17-18H,4-16H2,1-3H3. The average Bonchev–Trinajstić information content (AvgIpc) is 2.98. The zero-order valence-electron chi connectivity index (χ0n) is 15.6. The van der Waals surface area contributed by atoms with Crippen LogP contribution in [0, 0.1) is 11.3 Å². The van der Waals surface area contributed by atoms with Crippen LogP contribution in [-0.4, -0.2) is 43.0 Å². The number of hydrogen-bond donors (Lipinski definition) is 0. The molecule has 23 heavy (non-hydrogen) atoms. The van der Waals surface area contributed by atoms with Crippen molar-refractivity contribution in [1.82, 2.24) is 4.90 Å². The van der Waals surface area contributed by atoms with Gasteiger partial charge < -0.3 is 14.4 Å². The smallest absolute Gasteiger partial charge is 0.171 e. The highest BCUT2D eigenvalue weighted by Gasteiger charge is 2.54. The summed E-state index contributed by atoms with van der Waals surface area (Å²) in [5.74, 6) is 0.351. The number of ether oxygens (including phenoxy) is 2. The van der Waals surface area contributed by atoms with Gasteiger partial charge in [-0.25, -0.2) is 0 Å². The molecule has 0 bridgehead atoms. The van der Waals surface area contributed by atoms with Gasteiger partial charge >= 0.3 is 0 Å². The van der Waals surface area contributed by atoms with Gasteiger partial charge in [0.15, 0.2) is 5.79 Å². The molecule has 3 nitrogen and oxygen atoms in total. The molecule has 3 atom stereocenters. The molecule has 134 valence electrons. The van der Waals surface area contributed by atoms with E-state index in [9.17, 15) is 0 Å². The molecular weight excluding hydrogens is 286 g/mol. The zero-order valence-corrected chi connectivity index (χ0v) is 15.6. The van der Waals surface area contributed by atoms with Gasteiger partial charge in [0.25, 0.3) is 0 Å². The van der Waals surface area contributed by atoms with E-state index in [2.05, 4.69) is 25.7 Å². The maximum atomic E-state index is 6.60. The fourth-order valence-electron chi connectivity index (χ4n) is 5.18. The molecule has 0 N–H and O–H groups in total. The maximum absolute atomic E-state index is 6.60. The van der Waals surface area contributed by atoms with E-state index in [4.69, 9.17) is 9.47 Å². The van der Waals surface area contributed by atoms with Crippen LogP contribution in [0.3, 0.4) is 0 Å². The summed E-state index contributed by atoms with van der Waals surface area (Å²) in [4.78, 5) is 2.58. The molecule has 0 aromatic rings. The lowest BCUT2D eigenvalue weighted by Crippen LogP contribution is -2.50. The van der Waals surface area contributed by atoms with Crippen molar-refractivity contribution in [3.05, 3.63) is 0 Å². The Morgan fingerprint density at radius 2 is 1.70 bits per heavy atom. The van der Waals surface area contributed by atoms with Crippen molar-refractivity contribution in [3.8, 4) is 0 Å². The van der Waals surface area contributed by atoms with Crippen LogP contribution in [0.25, 0.3) is 0 Å².